The summed E-state index contributed by atoms with van der Waals surface area (Å²) < 4.78 is 14.3. The van der Waals surface area contributed by atoms with E-state index < -0.39 is 0 Å². The lowest BCUT2D eigenvalue weighted by atomic mass is 9.96. The Morgan fingerprint density at radius 1 is 1.07 bits per heavy atom. The van der Waals surface area contributed by atoms with Crippen LogP contribution in [-0.4, -0.2) is 39.7 Å². The van der Waals surface area contributed by atoms with E-state index in [1.54, 1.807) is 32.0 Å². The summed E-state index contributed by atoms with van der Waals surface area (Å²) in [5.41, 5.74) is 5.42. The summed E-state index contributed by atoms with van der Waals surface area (Å²) in [6.07, 6.45) is 4.46. The molecule has 1 amide bonds. The number of aryl methyl sites for hydroxylation is 2. The maximum Gasteiger partial charge on any atom is 0.269 e. The average Bonchev–Trinajstić information content (AvgIpc) is 3.31. The third-order valence-electron chi connectivity index (χ3n) is 5.66. The van der Waals surface area contributed by atoms with Crippen LogP contribution in [0.15, 0.2) is 24.3 Å². The Kier molecular flexibility index (Phi) is 5.48. The Morgan fingerprint density at radius 2 is 1.87 bits per heavy atom. The van der Waals surface area contributed by atoms with Gasteiger partial charge in [0.25, 0.3) is 5.91 Å². The highest BCUT2D eigenvalue weighted by Gasteiger charge is 2.21. The molecule has 0 saturated carbocycles. The van der Waals surface area contributed by atoms with Gasteiger partial charge in [-0.3, -0.25) is 14.2 Å². The van der Waals surface area contributed by atoms with Crippen molar-refractivity contribution in [3.63, 3.8) is 0 Å². The van der Waals surface area contributed by atoms with Crippen molar-refractivity contribution < 1.29 is 14.3 Å². The Labute approximate surface area is 175 Å². The van der Waals surface area contributed by atoms with Crippen molar-refractivity contribution >= 4 is 5.91 Å². The standard InChI is InChI=1S/C22H27N5O3/c1-26-19-8-6-5-7-15(19)18(25-26)13-23-22(28)20-12-17(24-27(20)2)16-11-14(29-3)9-10-21(16)30-4/h9-12H,5-8,13H2,1-4H3,(H,23,28). The molecule has 30 heavy (non-hydrogen) atoms. The first-order valence-electron chi connectivity index (χ1n) is 10.1. The van der Waals surface area contributed by atoms with Crippen LogP contribution < -0.4 is 14.8 Å². The van der Waals surface area contributed by atoms with Gasteiger partial charge in [-0.15, -0.1) is 0 Å². The summed E-state index contributed by atoms with van der Waals surface area (Å²) in [7, 11) is 6.95. The highest BCUT2D eigenvalue weighted by molar-refractivity contribution is 5.93. The average molecular weight is 409 g/mol. The molecule has 2 heterocycles. The fourth-order valence-electron chi connectivity index (χ4n) is 4.08. The summed E-state index contributed by atoms with van der Waals surface area (Å²) in [6.45, 7) is 0.408. The third-order valence-corrected chi connectivity index (χ3v) is 5.66. The number of hydrogen-bond donors (Lipinski definition) is 1. The zero-order valence-corrected chi connectivity index (χ0v) is 17.9. The van der Waals surface area contributed by atoms with Crippen molar-refractivity contribution in [3.05, 3.63) is 46.9 Å². The van der Waals surface area contributed by atoms with Crippen LogP contribution in [0.4, 0.5) is 0 Å². The molecule has 8 nitrogen and oxygen atoms in total. The zero-order valence-electron chi connectivity index (χ0n) is 17.9. The van der Waals surface area contributed by atoms with Gasteiger partial charge in [-0.1, -0.05) is 0 Å². The molecule has 1 aliphatic carbocycles. The van der Waals surface area contributed by atoms with Crippen LogP contribution in [0.25, 0.3) is 11.3 Å². The van der Waals surface area contributed by atoms with Gasteiger partial charge in [0.1, 0.15) is 17.2 Å². The molecule has 158 valence electrons. The quantitative estimate of drug-likeness (QED) is 0.677. The maximum atomic E-state index is 12.9. The molecule has 0 fully saturated rings. The Morgan fingerprint density at radius 3 is 2.63 bits per heavy atom. The Hall–Kier alpha value is -3.29. The van der Waals surface area contributed by atoms with Crippen molar-refractivity contribution in [2.75, 3.05) is 14.2 Å². The molecule has 1 aliphatic rings. The van der Waals surface area contributed by atoms with E-state index in [2.05, 4.69) is 15.5 Å². The van der Waals surface area contributed by atoms with Crippen LogP contribution in [0.2, 0.25) is 0 Å². The van der Waals surface area contributed by atoms with E-state index in [-0.39, 0.29) is 5.91 Å². The van der Waals surface area contributed by atoms with Crippen LogP contribution in [0.3, 0.4) is 0 Å². The molecular weight excluding hydrogens is 382 g/mol. The van der Waals surface area contributed by atoms with Gasteiger partial charge >= 0.3 is 0 Å². The van der Waals surface area contributed by atoms with Crippen LogP contribution in [0, 0.1) is 0 Å². The van der Waals surface area contributed by atoms with Gasteiger partial charge < -0.3 is 14.8 Å². The SMILES string of the molecule is COc1ccc(OC)c(-c2cc(C(=O)NCc3nn(C)c4c3CCCC4)n(C)n2)c1. The molecule has 0 aliphatic heterocycles. The highest BCUT2D eigenvalue weighted by atomic mass is 16.5. The lowest BCUT2D eigenvalue weighted by molar-refractivity contribution is 0.0941. The first kappa shape index (κ1) is 20.0. The second-order valence-corrected chi connectivity index (χ2v) is 7.49. The van der Waals surface area contributed by atoms with Gasteiger partial charge in [-0.25, -0.2) is 0 Å². The molecule has 1 N–H and O–H groups in total. The summed E-state index contributed by atoms with van der Waals surface area (Å²) in [6, 6.07) is 7.27. The van der Waals surface area contributed by atoms with Gasteiger partial charge in [0.05, 0.1) is 32.2 Å². The van der Waals surface area contributed by atoms with Gasteiger partial charge in [-0.05, 0) is 55.5 Å². The van der Waals surface area contributed by atoms with E-state index in [9.17, 15) is 4.79 Å². The number of nitrogens with one attached hydrogen (secondary N) is 1. The fraction of sp³-hybridized carbons (Fsp3) is 0.409. The van der Waals surface area contributed by atoms with Crippen LogP contribution in [0.1, 0.15) is 40.3 Å². The Bertz CT molecular complexity index is 1080. The molecule has 1 aromatic carbocycles. The number of carbonyl (C=O) groups is 1. The zero-order chi connectivity index (χ0) is 21.3. The van der Waals surface area contributed by atoms with Gasteiger partial charge in [0.15, 0.2) is 0 Å². The van der Waals surface area contributed by atoms with E-state index in [0.29, 0.717) is 29.4 Å². The number of rotatable bonds is 6. The predicted octanol–water partition coefficient (Wildman–Crippen LogP) is 2.65. The normalized spacial score (nSPS) is 13.1. The molecule has 0 bridgehead atoms. The number of carbonyl (C=O) groups excluding carboxylic acids is 1. The van der Waals surface area contributed by atoms with Crippen LogP contribution >= 0.6 is 0 Å². The van der Waals surface area contributed by atoms with Gasteiger partial charge in [0, 0.05) is 25.4 Å². The van der Waals surface area contributed by atoms with E-state index >= 15 is 0 Å². The molecular formula is C22H27N5O3. The number of benzene rings is 1. The van der Waals surface area contributed by atoms with Gasteiger partial charge in [-0.2, -0.15) is 10.2 Å². The van der Waals surface area contributed by atoms with Crippen molar-refractivity contribution in [1.82, 2.24) is 24.9 Å². The molecule has 2 aromatic heterocycles. The molecule has 0 saturated heterocycles. The van der Waals surface area contributed by atoms with Crippen molar-refractivity contribution in [1.29, 1.82) is 0 Å². The molecule has 4 rings (SSSR count). The van der Waals surface area contributed by atoms with Crippen molar-refractivity contribution in [2.24, 2.45) is 14.1 Å². The highest BCUT2D eigenvalue weighted by Crippen LogP contribution is 2.33. The first-order chi connectivity index (χ1) is 14.5. The molecule has 8 heteroatoms. The van der Waals surface area contributed by atoms with E-state index in [1.165, 1.54) is 24.1 Å². The summed E-state index contributed by atoms with van der Waals surface area (Å²) in [4.78, 5) is 12.9. The second kappa shape index (κ2) is 8.22. The van der Waals surface area contributed by atoms with Crippen LogP contribution in [-0.2, 0) is 33.5 Å². The van der Waals surface area contributed by atoms with E-state index in [1.807, 2.05) is 29.9 Å². The first-order valence-corrected chi connectivity index (χ1v) is 10.1. The number of fused-ring (bicyclic) bond motifs is 1. The Balaban J connectivity index is 1.55. The second-order valence-electron chi connectivity index (χ2n) is 7.49. The summed E-state index contributed by atoms with van der Waals surface area (Å²) >= 11 is 0. The molecule has 0 unspecified atom stereocenters. The smallest absolute Gasteiger partial charge is 0.269 e. The molecule has 0 spiro atoms. The van der Waals surface area contributed by atoms with Crippen molar-refractivity contribution in [3.8, 4) is 22.8 Å². The minimum Gasteiger partial charge on any atom is -0.497 e. The minimum atomic E-state index is -0.187. The lowest BCUT2D eigenvalue weighted by Gasteiger charge is -2.12. The topological polar surface area (TPSA) is 83.2 Å². The van der Waals surface area contributed by atoms with Gasteiger partial charge in [0.2, 0.25) is 0 Å². The summed E-state index contributed by atoms with van der Waals surface area (Å²) in [5.74, 6) is 1.18. The van der Waals surface area contributed by atoms with Crippen LogP contribution in [0.5, 0.6) is 11.5 Å². The predicted molar refractivity (Wildman–Crippen MR) is 113 cm³/mol. The number of nitrogens with zero attached hydrogens (tertiary/aromatic N) is 4. The number of amides is 1. The number of hydrogen-bond acceptors (Lipinski definition) is 5. The number of ether oxygens (including phenoxy) is 2. The molecule has 0 atom stereocenters. The van der Waals surface area contributed by atoms with E-state index in [0.717, 1.165) is 24.1 Å². The maximum absolute atomic E-state index is 12.9. The number of aromatic nitrogens is 4. The number of methoxy groups -OCH3 is 2. The fourth-order valence-corrected chi connectivity index (χ4v) is 4.08. The van der Waals surface area contributed by atoms with E-state index in [4.69, 9.17) is 9.47 Å². The third kappa shape index (κ3) is 3.65. The minimum absolute atomic E-state index is 0.187. The largest absolute Gasteiger partial charge is 0.497 e. The molecule has 0 radical (unpaired) electrons. The molecule has 3 aromatic rings. The monoisotopic (exact) mass is 409 g/mol. The lowest BCUT2D eigenvalue weighted by Crippen LogP contribution is -2.25. The van der Waals surface area contributed by atoms with Crippen molar-refractivity contribution in [2.45, 2.75) is 32.2 Å². The summed E-state index contributed by atoms with van der Waals surface area (Å²) in [5, 5.41) is 12.1.